The van der Waals surface area contributed by atoms with Gasteiger partial charge in [0.15, 0.2) is 6.61 Å². The van der Waals surface area contributed by atoms with Gasteiger partial charge in [-0.25, -0.2) is 4.79 Å². The number of benzene rings is 3. The molecule has 3 aromatic rings. The van der Waals surface area contributed by atoms with Crippen LogP contribution in [0, 0.1) is 10.1 Å². The predicted molar refractivity (Wildman–Crippen MR) is 106 cm³/mol. The average Bonchev–Trinajstić information content (AvgIpc) is 2.71. The number of nitrogens with zero attached hydrogens (tertiary/aromatic N) is 1. The molecule has 3 rings (SSSR count). The summed E-state index contributed by atoms with van der Waals surface area (Å²) < 4.78 is 4.89. The maximum Gasteiger partial charge on any atom is 0.331 e. The van der Waals surface area contributed by atoms with Crippen molar-refractivity contribution in [2.24, 2.45) is 0 Å². The highest BCUT2D eigenvalue weighted by atomic mass is 16.6. The summed E-state index contributed by atoms with van der Waals surface area (Å²) in [4.78, 5) is 33.9. The lowest BCUT2D eigenvalue weighted by atomic mass is 10.1. The van der Waals surface area contributed by atoms with Gasteiger partial charge in [-0.2, -0.15) is 0 Å². The van der Waals surface area contributed by atoms with E-state index in [1.165, 1.54) is 24.3 Å². The molecule has 1 N–H and O–H groups in total. The molecular weight excluding hydrogens is 360 g/mol. The molecule has 140 valence electrons. The van der Waals surface area contributed by atoms with Gasteiger partial charge in [0.05, 0.1) is 4.92 Å². The number of carbonyl (C=O) groups excluding carboxylic acids is 2. The Labute approximate surface area is 160 Å². The van der Waals surface area contributed by atoms with E-state index in [9.17, 15) is 19.7 Å². The fourth-order valence-corrected chi connectivity index (χ4v) is 2.56. The molecule has 0 saturated heterocycles. The van der Waals surface area contributed by atoms with Gasteiger partial charge >= 0.3 is 5.97 Å². The minimum absolute atomic E-state index is 0.0784. The van der Waals surface area contributed by atoms with Crippen LogP contribution >= 0.6 is 0 Å². The molecule has 0 bridgehead atoms. The number of non-ortho nitro benzene ring substituents is 1. The number of rotatable bonds is 6. The van der Waals surface area contributed by atoms with Gasteiger partial charge in [-0.15, -0.1) is 0 Å². The first-order chi connectivity index (χ1) is 13.5. The number of hydrogen-bond donors (Lipinski definition) is 1. The molecule has 0 unspecified atom stereocenters. The molecule has 28 heavy (non-hydrogen) atoms. The van der Waals surface area contributed by atoms with Crippen molar-refractivity contribution < 1.29 is 19.2 Å². The fourth-order valence-electron chi connectivity index (χ4n) is 2.56. The Morgan fingerprint density at radius 2 is 1.79 bits per heavy atom. The number of esters is 1. The van der Waals surface area contributed by atoms with E-state index in [4.69, 9.17) is 4.74 Å². The van der Waals surface area contributed by atoms with Gasteiger partial charge in [-0.05, 0) is 34.5 Å². The second kappa shape index (κ2) is 8.59. The Kier molecular flexibility index (Phi) is 5.76. The van der Waals surface area contributed by atoms with Crippen LogP contribution in [-0.2, 0) is 14.3 Å². The molecule has 0 atom stereocenters. The molecular formula is C21H16N2O5. The second-order valence-electron chi connectivity index (χ2n) is 5.90. The van der Waals surface area contributed by atoms with E-state index in [2.05, 4.69) is 5.32 Å². The van der Waals surface area contributed by atoms with Crippen LogP contribution in [-0.4, -0.2) is 23.4 Å². The van der Waals surface area contributed by atoms with Crippen LogP contribution in [0.25, 0.3) is 16.8 Å². The molecule has 0 radical (unpaired) electrons. The van der Waals surface area contributed by atoms with E-state index >= 15 is 0 Å². The summed E-state index contributed by atoms with van der Waals surface area (Å²) in [6.45, 7) is -0.440. The summed E-state index contributed by atoms with van der Waals surface area (Å²) in [6, 6.07) is 19.0. The first-order valence-corrected chi connectivity index (χ1v) is 8.39. The van der Waals surface area contributed by atoms with Crippen LogP contribution in [0.15, 0.2) is 72.8 Å². The molecule has 3 aromatic carbocycles. The van der Waals surface area contributed by atoms with E-state index in [1.807, 2.05) is 36.4 Å². The molecule has 0 aromatic heterocycles. The van der Waals surface area contributed by atoms with Gasteiger partial charge in [-0.1, -0.05) is 42.5 Å². The number of hydrogen-bond acceptors (Lipinski definition) is 5. The standard InChI is InChI=1S/C21H16N2O5/c24-20(22-18-10-9-16-5-1-2-6-17(16)13-18)14-28-21(25)11-8-15-4-3-7-19(12-15)23(26)27/h1-13H,14H2,(H,22,24)/b11-8+. The zero-order valence-corrected chi connectivity index (χ0v) is 14.7. The average molecular weight is 376 g/mol. The summed E-state index contributed by atoms with van der Waals surface area (Å²) in [5, 5.41) is 15.4. The van der Waals surface area contributed by atoms with Gasteiger partial charge in [0.1, 0.15) is 0 Å². The Hall–Kier alpha value is -4.00. The third-order valence-corrected chi connectivity index (χ3v) is 3.87. The van der Waals surface area contributed by atoms with Crippen molar-refractivity contribution in [1.29, 1.82) is 0 Å². The van der Waals surface area contributed by atoms with Gasteiger partial charge in [0.25, 0.3) is 11.6 Å². The van der Waals surface area contributed by atoms with Crippen molar-refractivity contribution in [3.05, 3.63) is 88.5 Å². The maximum atomic E-state index is 12.0. The van der Waals surface area contributed by atoms with Crippen LogP contribution in [0.2, 0.25) is 0 Å². The van der Waals surface area contributed by atoms with E-state index < -0.39 is 23.4 Å². The summed E-state index contributed by atoms with van der Waals surface area (Å²) in [6.07, 6.45) is 2.50. The number of nitro benzene ring substituents is 1. The van der Waals surface area contributed by atoms with Crippen LogP contribution in [0.3, 0.4) is 0 Å². The highest BCUT2D eigenvalue weighted by Gasteiger charge is 2.07. The van der Waals surface area contributed by atoms with Crippen molar-refractivity contribution in [3.8, 4) is 0 Å². The van der Waals surface area contributed by atoms with Gasteiger partial charge in [0, 0.05) is 23.9 Å². The highest BCUT2D eigenvalue weighted by molar-refractivity contribution is 5.96. The molecule has 0 fully saturated rings. The fraction of sp³-hybridized carbons (Fsp3) is 0.0476. The lowest BCUT2D eigenvalue weighted by Crippen LogP contribution is -2.20. The number of ether oxygens (including phenoxy) is 1. The molecule has 7 heteroatoms. The third kappa shape index (κ3) is 5.01. The van der Waals surface area contributed by atoms with Crippen LogP contribution in [0.1, 0.15) is 5.56 Å². The molecule has 0 aliphatic rings. The van der Waals surface area contributed by atoms with Crippen molar-refractivity contribution in [1.82, 2.24) is 0 Å². The van der Waals surface area contributed by atoms with Crippen molar-refractivity contribution in [3.63, 3.8) is 0 Å². The maximum absolute atomic E-state index is 12.0. The van der Waals surface area contributed by atoms with Crippen LogP contribution < -0.4 is 5.32 Å². The van der Waals surface area contributed by atoms with Crippen LogP contribution in [0.5, 0.6) is 0 Å². The predicted octanol–water partition coefficient (Wildman–Crippen LogP) is 3.94. The van der Waals surface area contributed by atoms with Crippen LogP contribution in [0.4, 0.5) is 11.4 Å². The van der Waals surface area contributed by atoms with Crippen molar-refractivity contribution in [2.45, 2.75) is 0 Å². The minimum Gasteiger partial charge on any atom is -0.452 e. The van der Waals surface area contributed by atoms with E-state index in [0.717, 1.165) is 16.8 Å². The quantitative estimate of drug-likeness (QED) is 0.304. The Morgan fingerprint density at radius 1 is 1.00 bits per heavy atom. The molecule has 7 nitrogen and oxygen atoms in total. The van der Waals surface area contributed by atoms with Gasteiger partial charge in [0.2, 0.25) is 0 Å². The number of anilines is 1. The third-order valence-electron chi connectivity index (χ3n) is 3.87. The normalized spacial score (nSPS) is 10.7. The number of amides is 1. The van der Waals surface area contributed by atoms with E-state index in [1.54, 1.807) is 12.1 Å². The summed E-state index contributed by atoms with van der Waals surface area (Å²) in [7, 11) is 0. The van der Waals surface area contributed by atoms with Crippen molar-refractivity contribution in [2.75, 3.05) is 11.9 Å². The Morgan fingerprint density at radius 3 is 2.57 bits per heavy atom. The lowest BCUT2D eigenvalue weighted by molar-refractivity contribution is -0.384. The molecule has 0 heterocycles. The summed E-state index contributed by atoms with van der Waals surface area (Å²) in [5.74, 6) is -1.19. The summed E-state index contributed by atoms with van der Waals surface area (Å²) in [5.41, 5.74) is 1.00. The molecule has 0 aliphatic carbocycles. The molecule has 0 saturated carbocycles. The van der Waals surface area contributed by atoms with Crippen molar-refractivity contribution >= 4 is 40.1 Å². The van der Waals surface area contributed by atoms with Gasteiger partial charge in [-0.3, -0.25) is 14.9 Å². The minimum atomic E-state index is -0.722. The zero-order chi connectivity index (χ0) is 19.9. The second-order valence-corrected chi connectivity index (χ2v) is 5.90. The topological polar surface area (TPSA) is 98.5 Å². The Balaban J connectivity index is 1.52. The molecule has 0 spiro atoms. The first-order valence-electron chi connectivity index (χ1n) is 8.39. The monoisotopic (exact) mass is 376 g/mol. The number of fused-ring (bicyclic) bond motifs is 1. The smallest absolute Gasteiger partial charge is 0.331 e. The Bertz CT molecular complexity index is 1080. The lowest BCUT2D eigenvalue weighted by Gasteiger charge is -2.06. The first kappa shape index (κ1) is 18.8. The van der Waals surface area contributed by atoms with E-state index in [-0.39, 0.29) is 5.69 Å². The number of carbonyl (C=O) groups is 2. The number of nitro groups is 1. The van der Waals surface area contributed by atoms with Gasteiger partial charge < -0.3 is 10.1 Å². The molecule has 1 amide bonds. The largest absolute Gasteiger partial charge is 0.452 e. The van der Waals surface area contributed by atoms with E-state index in [0.29, 0.717) is 11.3 Å². The zero-order valence-electron chi connectivity index (χ0n) is 14.7. The highest BCUT2D eigenvalue weighted by Crippen LogP contribution is 2.18. The number of nitrogens with one attached hydrogen (secondary N) is 1. The SMILES string of the molecule is O=C(COC(=O)/C=C/c1cccc([N+](=O)[O-])c1)Nc1ccc2ccccc2c1. The molecule has 0 aliphatic heterocycles. The summed E-state index contributed by atoms with van der Waals surface area (Å²) >= 11 is 0.